The van der Waals surface area contributed by atoms with E-state index in [1.165, 1.54) is 6.07 Å². The molecule has 0 heterocycles. The Morgan fingerprint density at radius 2 is 1.89 bits per heavy atom. The lowest BCUT2D eigenvalue weighted by Crippen LogP contribution is -2.25. The van der Waals surface area contributed by atoms with Gasteiger partial charge in [-0.05, 0) is 31.4 Å². The van der Waals surface area contributed by atoms with E-state index in [9.17, 15) is 13.2 Å². The van der Waals surface area contributed by atoms with Gasteiger partial charge in [-0.2, -0.15) is 0 Å². The zero-order valence-corrected chi connectivity index (χ0v) is 12.6. The summed E-state index contributed by atoms with van der Waals surface area (Å²) in [7, 11) is 1.15. The molecule has 0 aliphatic heterocycles. The molecule has 0 radical (unpaired) electrons. The number of hydrogen-bond acceptors (Lipinski definition) is 4. The molecule has 0 spiro atoms. The monoisotopic (exact) mass is 342 g/mol. The highest BCUT2D eigenvalue weighted by Crippen LogP contribution is 2.33. The minimum atomic E-state index is -4.08. The standard InChI is InChI=1S/C11H9Cl3O4S/c12-6-4-8(11(15)18-7-2-1-3-7)10(13)9(5-6)19(14,16)17/h4-5,7H,1-3H2. The molecule has 19 heavy (non-hydrogen) atoms. The van der Waals surface area contributed by atoms with Crippen LogP contribution in [0.15, 0.2) is 17.0 Å². The maximum Gasteiger partial charge on any atom is 0.340 e. The molecule has 8 heteroatoms. The van der Waals surface area contributed by atoms with Crippen molar-refractivity contribution in [1.82, 2.24) is 0 Å². The number of carbonyl (C=O) groups is 1. The first-order chi connectivity index (χ1) is 8.79. The van der Waals surface area contributed by atoms with Crippen molar-refractivity contribution in [2.45, 2.75) is 30.3 Å². The van der Waals surface area contributed by atoms with E-state index in [0.717, 1.165) is 25.3 Å². The second kappa shape index (κ2) is 5.48. The van der Waals surface area contributed by atoms with Gasteiger partial charge in [-0.1, -0.05) is 23.2 Å². The zero-order chi connectivity index (χ0) is 14.2. The Bertz CT molecular complexity index is 623. The summed E-state index contributed by atoms with van der Waals surface area (Å²) in [6.07, 6.45) is 2.45. The van der Waals surface area contributed by atoms with Gasteiger partial charge >= 0.3 is 5.97 Å². The van der Waals surface area contributed by atoms with E-state index >= 15 is 0 Å². The molecule has 1 aromatic rings. The number of halogens is 3. The van der Waals surface area contributed by atoms with E-state index < -0.39 is 19.9 Å². The van der Waals surface area contributed by atoms with Crippen LogP contribution in [0.5, 0.6) is 0 Å². The molecular formula is C11H9Cl3O4S. The van der Waals surface area contributed by atoms with Crippen LogP contribution in [0.1, 0.15) is 29.6 Å². The summed E-state index contributed by atoms with van der Waals surface area (Å²) in [6.45, 7) is 0. The largest absolute Gasteiger partial charge is 0.459 e. The average molecular weight is 344 g/mol. The summed E-state index contributed by atoms with van der Waals surface area (Å²) in [5.74, 6) is -0.696. The molecule has 1 fully saturated rings. The van der Waals surface area contributed by atoms with Crippen molar-refractivity contribution in [2.75, 3.05) is 0 Å². The summed E-state index contributed by atoms with van der Waals surface area (Å²) >= 11 is 11.6. The highest BCUT2D eigenvalue weighted by Gasteiger charge is 2.27. The Hall–Kier alpha value is -0.490. The molecule has 104 valence electrons. The molecule has 2 rings (SSSR count). The summed E-state index contributed by atoms with van der Waals surface area (Å²) in [5, 5.41) is -0.229. The predicted molar refractivity (Wildman–Crippen MR) is 72.6 cm³/mol. The van der Waals surface area contributed by atoms with Crippen molar-refractivity contribution >= 4 is 48.9 Å². The van der Waals surface area contributed by atoms with Crippen molar-refractivity contribution in [1.29, 1.82) is 0 Å². The van der Waals surface area contributed by atoms with Gasteiger partial charge in [0.2, 0.25) is 0 Å². The van der Waals surface area contributed by atoms with Gasteiger partial charge in [-0.15, -0.1) is 0 Å². The third kappa shape index (κ3) is 3.34. The number of carbonyl (C=O) groups excluding carboxylic acids is 1. The molecule has 0 saturated heterocycles. The molecule has 0 N–H and O–H groups in total. The van der Waals surface area contributed by atoms with Crippen molar-refractivity contribution in [3.63, 3.8) is 0 Å². The summed E-state index contributed by atoms with van der Waals surface area (Å²) in [4.78, 5) is 11.5. The summed E-state index contributed by atoms with van der Waals surface area (Å²) in [5.41, 5.74) is -0.0970. The number of hydrogen-bond donors (Lipinski definition) is 0. The molecule has 0 amide bonds. The van der Waals surface area contributed by atoms with Gasteiger partial charge in [-0.25, -0.2) is 13.2 Å². The second-order valence-corrected chi connectivity index (χ2v) is 7.51. The maximum atomic E-state index is 11.9. The first kappa shape index (κ1) is 14.9. The Morgan fingerprint density at radius 1 is 1.26 bits per heavy atom. The van der Waals surface area contributed by atoms with Crippen LogP contribution in [-0.4, -0.2) is 20.5 Å². The fourth-order valence-electron chi connectivity index (χ4n) is 1.59. The maximum absolute atomic E-state index is 11.9. The third-order valence-electron chi connectivity index (χ3n) is 2.81. The van der Waals surface area contributed by atoms with Crippen LogP contribution in [0.25, 0.3) is 0 Å². The Labute approximate surface area is 125 Å². The zero-order valence-electron chi connectivity index (χ0n) is 9.53. The van der Waals surface area contributed by atoms with Gasteiger partial charge in [0.05, 0.1) is 10.6 Å². The van der Waals surface area contributed by atoms with E-state index in [1.807, 2.05) is 0 Å². The number of benzene rings is 1. The quantitative estimate of drug-likeness (QED) is 0.621. The Kier molecular flexibility index (Phi) is 4.30. The van der Waals surface area contributed by atoms with Gasteiger partial charge in [0.15, 0.2) is 0 Å². The molecule has 1 saturated carbocycles. The topological polar surface area (TPSA) is 60.4 Å². The van der Waals surface area contributed by atoms with Crippen molar-refractivity contribution < 1.29 is 17.9 Å². The first-order valence-electron chi connectivity index (χ1n) is 5.43. The van der Waals surface area contributed by atoms with E-state index in [2.05, 4.69) is 0 Å². The van der Waals surface area contributed by atoms with Crippen molar-refractivity contribution in [3.8, 4) is 0 Å². The van der Waals surface area contributed by atoms with Crippen LogP contribution in [0.4, 0.5) is 0 Å². The van der Waals surface area contributed by atoms with Crippen molar-refractivity contribution in [2.24, 2.45) is 0 Å². The SMILES string of the molecule is O=C(OC1CCC1)c1cc(Cl)cc(S(=O)(=O)Cl)c1Cl. The molecule has 0 atom stereocenters. The molecule has 1 aliphatic carbocycles. The van der Waals surface area contributed by atoms with Crippen LogP contribution in [-0.2, 0) is 13.8 Å². The molecular weight excluding hydrogens is 335 g/mol. The van der Waals surface area contributed by atoms with Crippen molar-refractivity contribution in [3.05, 3.63) is 27.7 Å². The summed E-state index contributed by atoms with van der Waals surface area (Å²) < 4.78 is 27.8. The average Bonchev–Trinajstić information content (AvgIpc) is 2.24. The molecule has 0 aromatic heterocycles. The highest BCUT2D eigenvalue weighted by molar-refractivity contribution is 8.13. The number of esters is 1. The number of rotatable bonds is 3. The summed E-state index contributed by atoms with van der Waals surface area (Å²) in [6, 6.07) is 2.35. The van der Waals surface area contributed by atoms with Gasteiger partial charge in [0.25, 0.3) is 9.05 Å². The lowest BCUT2D eigenvalue weighted by molar-refractivity contribution is 0.00900. The van der Waals surface area contributed by atoms with E-state index in [-0.39, 0.29) is 21.7 Å². The normalized spacial score (nSPS) is 15.9. The smallest absolute Gasteiger partial charge is 0.340 e. The lowest BCUT2D eigenvalue weighted by Gasteiger charge is -2.25. The highest BCUT2D eigenvalue weighted by atomic mass is 35.7. The Morgan fingerprint density at radius 3 is 2.37 bits per heavy atom. The fourth-order valence-corrected chi connectivity index (χ4v) is 3.44. The van der Waals surface area contributed by atoms with E-state index in [1.54, 1.807) is 0 Å². The van der Waals surface area contributed by atoms with Gasteiger partial charge in [0, 0.05) is 15.7 Å². The van der Waals surface area contributed by atoms with Crippen LogP contribution in [0.3, 0.4) is 0 Å². The second-order valence-electron chi connectivity index (χ2n) is 4.16. The predicted octanol–water partition coefficient (Wildman–Crippen LogP) is 3.63. The van der Waals surface area contributed by atoms with E-state index in [4.69, 9.17) is 38.6 Å². The first-order valence-corrected chi connectivity index (χ1v) is 8.50. The molecule has 1 aromatic carbocycles. The van der Waals surface area contributed by atoms with Crippen LogP contribution in [0.2, 0.25) is 10.0 Å². The fraction of sp³-hybridized carbons (Fsp3) is 0.364. The minimum Gasteiger partial charge on any atom is -0.459 e. The van der Waals surface area contributed by atoms with E-state index in [0.29, 0.717) is 0 Å². The third-order valence-corrected chi connectivity index (χ3v) is 4.90. The van der Waals surface area contributed by atoms with Gasteiger partial charge in [-0.3, -0.25) is 0 Å². The van der Waals surface area contributed by atoms with Crippen LogP contribution >= 0.6 is 33.9 Å². The molecule has 0 unspecified atom stereocenters. The minimum absolute atomic E-state index is 0.0455. The van der Waals surface area contributed by atoms with Crippen LogP contribution < -0.4 is 0 Å². The molecule has 1 aliphatic rings. The van der Waals surface area contributed by atoms with Gasteiger partial charge < -0.3 is 4.74 Å². The van der Waals surface area contributed by atoms with Crippen LogP contribution in [0, 0.1) is 0 Å². The molecule has 0 bridgehead atoms. The van der Waals surface area contributed by atoms with Gasteiger partial charge in [0.1, 0.15) is 11.0 Å². The molecule has 4 nitrogen and oxygen atoms in total. The number of ether oxygens (including phenoxy) is 1. The Balaban J connectivity index is 2.39. The lowest BCUT2D eigenvalue weighted by atomic mass is 9.96.